The minimum Gasteiger partial charge on any atom is -0.327 e. The summed E-state index contributed by atoms with van der Waals surface area (Å²) in [5.74, 6) is 0.341. The first-order chi connectivity index (χ1) is 6.68. The molecule has 0 radical (unpaired) electrons. The zero-order valence-corrected chi connectivity index (χ0v) is 8.50. The monoisotopic (exact) mass is 212 g/mol. The van der Waals surface area contributed by atoms with Gasteiger partial charge in [-0.3, -0.25) is 10.1 Å². The normalized spacial score (nSPS) is 26.6. The number of hydrogen-bond acceptors (Lipinski definition) is 4. The van der Waals surface area contributed by atoms with Gasteiger partial charge in [-0.2, -0.15) is 0 Å². The molecule has 5 heteroatoms. The third kappa shape index (κ3) is 1.65. The SMILES string of the molecule is NC1CCCC1c1ccc([N+](=O)[O-])s1. The molecule has 0 aromatic carbocycles. The predicted molar refractivity (Wildman–Crippen MR) is 55.5 cm³/mol. The van der Waals surface area contributed by atoms with Crippen molar-refractivity contribution in [3.63, 3.8) is 0 Å². The molecule has 1 aliphatic rings. The Morgan fingerprint density at radius 1 is 1.50 bits per heavy atom. The summed E-state index contributed by atoms with van der Waals surface area (Å²) in [6, 6.07) is 3.61. The van der Waals surface area contributed by atoms with E-state index >= 15 is 0 Å². The van der Waals surface area contributed by atoms with E-state index in [1.807, 2.05) is 6.07 Å². The van der Waals surface area contributed by atoms with Gasteiger partial charge < -0.3 is 5.73 Å². The fraction of sp³-hybridized carbons (Fsp3) is 0.556. The highest BCUT2D eigenvalue weighted by atomic mass is 32.1. The van der Waals surface area contributed by atoms with Gasteiger partial charge in [0.2, 0.25) is 0 Å². The highest BCUT2D eigenvalue weighted by Gasteiger charge is 2.27. The Kier molecular flexibility index (Phi) is 2.52. The molecule has 4 nitrogen and oxygen atoms in total. The summed E-state index contributed by atoms with van der Waals surface area (Å²) in [6.45, 7) is 0. The second kappa shape index (κ2) is 3.67. The molecule has 1 aromatic rings. The van der Waals surface area contributed by atoms with E-state index in [0.29, 0.717) is 5.92 Å². The van der Waals surface area contributed by atoms with E-state index in [0.717, 1.165) is 24.1 Å². The molecule has 0 bridgehead atoms. The second-order valence-corrected chi connectivity index (χ2v) is 4.73. The lowest BCUT2D eigenvalue weighted by molar-refractivity contribution is -0.380. The molecule has 1 saturated carbocycles. The van der Waals surface area contributed by atoms with Crippen molar-refractivity contribution in [3.05, 3.63) is 27.1 Å². The molecular formula is C9H12N2O2S. The van der Waals surface area contributed by atoms with Crippen LogP contribution in [0.15, 0.2) is 12.1 Å². The van der Waals surface area contributed by atoms with Crippen molar-refractivity contribution in [1.29, 1.82) is 0 Å². The van der Waals surface area contributed by atoms with Crippen molar-refractivity contribution in [2.24, 2.45) is 5.73 Å². The van der Waals surface area contributed by atoms with Crippen LogP contribution in [0.3, 0.4) is 0 Å². The van der Waals surface area contributed by atoms with E-state index in [4.69, 9.17) is 5.73 Å². The van der Waals surface area contributed by atoms with Gasteiger partial charge in [0.15, 0.2) is 0 Å². The summed E-state index contributed by atoms with van der Waals surface area (Å²) in [4.78, 5) is 11.2. The van der Waals surface area contributed by atoms with E-state index in [1.165, 1.54) is 11.3 Å². The first-order valence-corrected chi connectivity index (χ1v) is 5.50. The minimum absolute atomic E-state index is 0.188. The predicted octanol–water partition coefficient (Wildman–Crippen LogP) is 2.25. The molecule has 2 atom stereocenters. The van der Waals surface area contributed by atoms with E-state index in [2.05, 4.69) is 0 Å². The lowest BCUT2D eigenvalue weighted by atomic mass is 10.0. The molecule has 2 rings (SSSR count). The number of hydrogen-bond donors (Lipinski definition) is 1. The molecule has 0 spiro atoms. The molecule has 14 heavy (non-hydrogen) atoms. The Labute approximate surface area is 85.9 Å². The van der Waals surface area contributed by atoms with Gasteiger partial charge in [0.1, 0.15) is 0 Å². The number of nitrogens with two attached hydrogens (primary N) is 1. The Morgan fingerprint density at radius 3 is 2.79 bits per heavy atom. The van der Waals surface area contributed by atoms with Crippen molar-refractivity contribution in [1.82, 2.24) is 0 Å². The van der Waals surface area contributed by atoms with E-state index < -0.39 is 0 Å². The maximum atomic E-state index is 10.5. The molecule has 2 N–H and O–H groups in total. The summed E-state index contributed by atoms with van der Waals surface area (Å²) in [7, 11) is 0. The zero-order chi connectivity index (χ0) is 10.1. The van der Waals surface area contributed by atoms with Crippen LogP contribution in [0.4, 0.5) is 5.00 Å². The topological polar surface area (TPSA) is 69.2 Å². The number of nitro groups is 1. The Bertz CT molecular complexity index is 350. The third-order valence-corrected chi connectivity index (χ3v) is 3.90. The Hall–Kier alpha value is -0.940. The van der Waals surface area contributed by atoms with Gasteiger partial charge in [-0.25, -0.2) is 0 Å². The van der Waals surface area contributed by atoms with Crippen LogP contribution in [0.5, 0.6) is 0 Å². The number of rotatable bonds is 2. The summed E-state index contributed by atoms with van der Waals surface area (Å²) in [5.41, 5.74) is 5.93. The molecular weight excluding hydrogens is 200 g/mol. The van der Waals surface area contributed by atoms with Crippen LogP contribution in [0, 0.1) is 10.1 Å². The van der Waals surface area contributed by atoms with E-state index in [-0.39, 0.29) is 16.0 Å². The first kappa shape index (κ1) is 9.61. The van der Waals surface area contributed by atoms with Gasteiger partial charge in [-0.1, -0.05) is 17.8 Å². The fourth-order valence-electron chi connectivity index (χ4n) is 1.98. The summed E-state index contributed by atoms with van der Waals surface area (Å²) in [6.07, 6.45) is 3.24. The molecule has 0 saturated heterocycles. The Balaban J connectivity index is 2.20. The van der Waals surface area contributed by atoms with Crippen LogP contribution >= 0.6 is 11.3 Å². The van der Waals surface area contributed by atoms with Gasteiger partial charge in [-0.15, -0.1) is 0 Å². The van der Waals surface area contributed by atoms with Crippen LogP contribution < -0.4 is 5.73 Å². The standard InChI is InChI=1S/C9H12N2O2S/c10-7-3-1-2-6(7)8-4-5-9(14-8)11(12)13/h4-7H,1-3,10H2. The molecule has 1 heterocycles. The van der Waals surface area contributed by atoms with Crippen molar-refractivity contribution in [3.8, 4) is 0 Å². The van der Waals surface area contributed by atoms with Gasteiger partial charge in [0.25, 0.3) is 0 Å². The van der Waals surface area contributed by atoms with Crippen LogP contribution in [-0.4, -0.2) is 11.0 Å². The lowest BCUT2D eigenvalue weighted by Crippen LogP contribution is -2.21. The Morgan fingerprint density at radius 2 is 2.29 bits per heavy atom. The van der Waals surface area contributed by atoms with E-state index in [9.17, 15) is 10.1 Å². The smallest absolute Gasteiger partial charge is 0.324 e. The maximum absolute atomic E-state index is 10.5. The fourth-order valence-corrected chi connectivity index (χ4v) is 3.01. The molecule has 1 aliphatic carbocycles. The highest BCUT2D eigenvalue weighted by Crippen LogP contribution is 2.38. The van der Waals surface area contributed by atoms with E-state index in [1.54, 1.807) is 6.07 Å². The van der Waals surface area contributed by atoms with Crippen LogP contribution in [0.25, 0.3) is 0 Å². The minimum atomic E-state index is -0.339. The average molecular weight is 212 g/mol. The van der Waals surface area contributed by atoms with Crippen LogP contribution in [0.1, 0.15) is 30.1 Å². The summed E-state index contributed by atoms with van der Waals surface area (Å²) >= 11 is 1.26. The van der Waals surface area contributed by atoms with Crippen molar-refractivity contribution in [2.45, 2.75) is 31.2 Å². The molecule has 2 unspecified atom stereocenters. The maximum Gasteiger partial charge on any atom is 0.324 e. The molecule has 1 aromatic heterocycles. The largest absolute Gasteiger partial charge is 0.327 e. The zero-order valence-electron chi connectivity index (χ0n) is 7.68. The molecule has 76 valence electrons. The first-order valence-electron chi connectivity index (χ1n) is 4.68. The summed E-state index contributed by atoms with van der Waals surface area (Å²) in [5, 5.41) is 10.7. The van der Waals surface area contributed by atoms with Crippen molar-refractivity contribution >= 4 is 16.3 Å². The van der Waals surface area contributed by atoms with Crippen LogP contribution in [0.2, 0.25) is 0 Å². The van der Waals surface area contributed by atoms with Gasteiger partial charge in [0.05, 0.1) is 4.92 Å². The van der Waals surface area contributed by atoms with Crippen molar-refractivity contribution in [2.75, 3.05) is 0 Å². The van der Waals surface area contributed by atoms with Gasteiger partial charge >= 0.3 is 5.00 Å². The third-order valence-electron chi connectivity index (χ3n) is 2.73. The molecule has 0 aliphatic heterocycles. The number of nitrogens with zero attached hydrogens (tertiary/aromatic N) is 1. The van der Waals surface area contributed by atoms with Gasteiger partial charge in [-0.05, 0) is 18.9 Å². The second-order valence-electron chi connectivity index (χ2n) is 3.63. The number of thiophene rings is 1. The van der Waals surface area contributed by atoms with Gasteiger partial charge in [0, 0.05) is 22.9 Å². The van der Waals surface area contributed by atoms with Crippen molar-refractivity contribution < 1.29 is 4.92 Å². The lowest BCUT2D eigenvalue weighted by Gasteiger charge is -2.11. The molecule has 0 amide bonds. The molecule has 1 fully saturated rings. The summed E-state index contributed by atoms with van der Waals surface area (Å²) < 4.78 is 0. The van der Waals surface area contributed by atoms with Crippen LogP contribution in [-0.2, 0) is 0 Å². The quantitative estimate of drug-likeness (QED) is 0.603. The average Bonchev–Trinajstić information content (AvgIpc) is 2.71. The highest BCUT2D eigenvalue weighted by molar-refractivity contribution is 7.15.